The van der Waals surface area contributed by atoms with Crippen LogP contribution in [0.5, 0.6) is 11.5 Å². The van der Waals surface area contributed by atoms with E-state index >= 15 is 0 Å². The lowest BCUT2D eigenvalue weighted by Gasteiger charge is -2.27. The quantitative estimate of drug-likeness (QED) is 0.257. The number of ether oxygens (including phenoxy) is 4. The molecule has 2 atom stereocenters. The number of halogens is 1. The molecule has 1 saturated heterocycles. The van der Waals surface area contributed by atoms with Crippen molar-refractivity contribution in [3.05, 3.63) is 77.6 Å². The third kappa shape index (κ3) is 6.69. The standard InChI is InChI=1S/C33H35FN2O8S/c1-20-27-16-28-30(17-29(27)36(45(3,38)39)18-26(42-20)19-41-23-12-14-40-15-13-23)44-32(31(28)33(37)35-2)21-4-8-24(9-5-21)43-25-10-6-22(34)7-11-25/h4-11,16-17,20,23,26H,12-15,18-19H2,1-3H3,(H,35,37)/t20-,26-/m0/s1. The zero-order chi connectivity index (χ0) is 31.7. The third-order valence-electron chi connectivity index (χ3n) is 8.02. The number of nitrogens with zero attached hydrogens (tertiary/aromatic N) is 1. The predicted octanol–water partition coefficient (Wildman–Crippen LogP) is 5.81. The fourth-order valence-electron chi connectivity index (χ4n) is 5.74. The van der Waals surface area contributed by atoms with Crippen LogP contribution < -0.4 is 14.4 Å². The molecule has 238 valence electrons. The van der Waals surface area contributed by atoms with Crippen LogP contribution in [0.2, 0.25) is 0 Å². The molecule has 0 unspecified atom stereocenters. The van der Waals surface area contributed by atoms with Crippen LogP contribution in [0.25, 0.3) is 22.3 Å². The number of nitrogens with one attached hydrogen (secondary N) is 1. The number of sulfonamides is 1. The van der Waals surface area contributed by atoms with E-state index in [1.54, 1.807) is 36.4 Å². The lowest BCUT2D eigenvalue weighted by molar-refractivity contribution is -0.0876. The number of carbonyl (C=O) groups excluding carboxylic acids is 1. The van der Waals surface area contributed by atoms with E-state index in [9.17, 15) is 17.6 Å². The maximum atomic E-state index is 13.3. The summed E-state index contributed by atoms with van der Waals surface area (Å²) in [6.07, 6.45) is 1.74. The van der Waals surface area contributed by atoms with E-state index in [1.807, 2.05) is 6.92 Å². The zero-order valence-corrected chi connectivity index (χ0v) is 26.1. The van der Waals surface area contributed by atoms with Gasteiger partial charge in [-0.2, -0.15) is 0 Å². The van der Waals surface area contributed by atoms with Crippen LogP contribution in [0.15, 0.2) is 65.1 Å². The molecule has 6 rings (SSSR count). The molecular weight excluding hydrogens is 603 g/mol. The van der Waals surface area contributed by atoms with Gasteiger partial charge in [0.05, 0.1) is 42.9 Å². The molecule has 0 saturated carbocycles. The molecule has 0 bridgehead atoms. The van der Waals surface area contributed by atoms with Gasteiger partial charge in [0, 0.05) is 42.8 Å². The Morgan fingerprint density at radius 2 is 1.71 bits per heavy atom. The van der Waals surface area contributed by atoms with E-state index in [0.29, 0.717) is 63.8 Å². The fraction of sp³-hybridized carbons (Fsp3) is 0.364. The van der Waals surface area contributed by atoms with E-state index in [1.165, 1.54) is 35.6 Å². The van der Waals surface area contributed by atoms with Gasteiger partial charge in [-0.1, -0.05) is 0 Å². The van der Waals surface area contributed by atoms with Crippen molar-refractivity contribution >= 4 is 32.6 Å². The predicted molar refractivity (Wildman–Crippen MR) is 167 cm³/mol. The Hall–Kier alpha value is -3.97. The molecule has 1 aromatic heterocycles. The highest BCUT2D eigenvalue weighted by Gasteiger charge is 2.34. The third-order valence-corrected chi connectivity index (χ3v) is 9.16. The second-order valence-corrected chi connectivity index (χ2v) is 13.1. The number of amides is 1. The Morgan fingerprint density at radius 1 is 1.04 bits per heavy atom. The summed E-state index contributed by atoms with van der Waals surface area (Å²) in [5.41, 5.74) is 2.32. The number of carbonyl (C=O) groups is 1. The van der Waals surface area contributed by atoms with Crippen molar-refractivity contribution in [2.45, 2.75) is 38.1 Å². The summed E-state index contributed by atoms with van der Waals surface area (Å²) in [6.45, 7) is 3.43. The summed E-state index contributed by atoms with van der Waals surface area (Å²) in [5, 5.41) is 3.22. The molecule has 1 N–H and O–H groups in total. The highest BCUT2D eigenvalue weighted by Crippen LogP contribution is 2.42. The minimum absolute atomic E-state index is 0.0365. The van der Waals surface area contributed by atoms with Gasteiger partial charge in [0.15, 0.2) is 0 Å². The first kappa shape index (κ1) is 31.0. The summed E-state index contributed by atoms with van der Waals surface area (Å²) in [6, 6.07) is 16.1. The van der Waals surface area contributed by atoms with Crippen LogP contribution in [-0.2, 0) is 24.2 Å². The SMILES string of the molecule is CNC(=O)c1c(-c2ccc(Oc3ccc(F)cc3)cc2)oc2cc3c(cc12)[C@H](C)O[C@H](COC1CCOCC1)CN3S(C)(=O)=O. The number of hydrogen-bond donors (Lipinski definition) is 1. The van der Waals surface area contributed by atoms with Crippen molar-refractivity contribution in [3.63, 3.8) is 0 Å². The summed E-state index contributed by atoms with van der Waals surface area (Å²) in [5.74, 6) is 0.589. The van der Waals surface area contributed by atoms with Crippen LogP contribution in [0.4, 0.5) is 10.1 Å². The van der Waals surface area contributed by atoms with Crippen LogP contribution >= 0.6 is 0 Å². The molecule has 10 nitrogen and oxygen atoms in total. The topological polar surface area (TPSA) is 117 Å². The minimum atomic E-state index is -3.72. The molecule has 1 amide bonds. The summed E-state index contributed by atoms with van der Waals surface area (Å²) in [7, 11) is -2.18. The van der Waals surface area contributed by atoms with E-state index in [0.717, 1.165) is 19.1 Å². The fourth-order valence-corrected chi connectivity index (χ4v) is 6.69. The van der Waals surface area contributed by atoms with Crippen LogP contribution in [-0.4, -0.2) is 66.2 Å². The average Bonchev–Trinajstić information content (AvgIpc) is 3.34. The monoisotopic (exact) mass is 638 g/mol. The Labute approximate surface area is 261 Å². The number of rotatable bonds is 8. The minimum Gasteiger partial charge on any atom is -0.457 e. The first-order valence-electron chi connectivity index (χ1n) is 14.8. The van der Waals surface area contributed by atoms with Crippen molar-refractivity contribution < 1.29 is 41.0 Å². The number of furan rings is 1. The Morgan fingerprint density at radius 3 is 2.36 bits per heavy atom. The molecule has 0 aliphatic carbocycles. The lowest BCUT2D eigenvalue weighted by atomic mass is 10.0. The van der Waals surface area contributed by atoms with Gasteiger partial charge in [-0.25, -0.2) is 12.8 Å². The molecule has 0 radical (unpaired) electrons. The van der Waals surface area contributed by atoms with Crippen LogP contribution in [0.1, 0.15) is 41.8 Å². The maximum Gasteiger partial charge on any atom is 0.255 e. The van der Waals surface area contributed by atoms with Crippen molar-refractivity contribution in [2.75, 3.05) is 44.0 Å². The average molecular weight is 639 g/mol. The first-order valence-corrected chi connectivity index (χ1v) is 16.6. The van der Waals surface area contributed by atoms with E-state index in [2.05, 4.69) is 5.32 Å². The van der Waals surface area contributed by atoms with Gasteiger partial charge in [-0.3, -0.25) is 9.10 Å². The normalized spacial score (nSPS) is 19.2. The highest BCUT2D eigenvalue weighted by molar-refractivity contribution is 7.92. The summed E-state index contributed by atoms with van der Waals surface area (Å²) >= 11 is 0. The van der Waals surface area contributed by atoms with Gasteiger partial charge >= 0.3 is 0 Å². The molecule has 1 fully saturated rings. The Bertz CT molecular complexity index is 1780. The zero-order valence-electron chi connectivity index (χ0n) is 25.2. The second-order valence-electron chi connectivity index (χ2n) is 11.2. The van der Waals surface area contributed by atoms with Gasteiger partial charge in [0.2, 0.25) is 10.0 Å². The maximum absolute atomic E-state index is 13.3. The van der Waals surface area contributed by atoms with Gasteiger partial charge in [0.25, 0.3) is 5.91 Å². The largest absolute Gasteiger partial charge is 0.457 e. The Balaban J connectivity index is 1.35. The van der Waals surface area contributed by atoms with E-state index in [-0.39, 0.29) is 31.0 Å². The smallest absolute Gasteiger partial charge is 0.255 e. The molecule has 4 aromatic rings. The summed E-state index contributed by atoms with van der Waals surface area (Å²) < 4.78 is 70.8. The van der Waals surface area contributed by atoms with Crippen molar-refractivity contribution in [2.24, 2.45) is 0 Å². The molecule has 3 aromatic carbocycles. The number of benzene rings is 3. The molecule has 2 aliphatic heterocycles. The van der Waals surface area contributed by atoms with E-state index in [4.69, 9.17) is 23.4 Å². The van der Waals surface area contributed by atoms with Crippen molar-refractivity contribution in [1.29, 1.82) is 0 Å². The van der Waals surface area contributed by atoms with Gasteiger partial charge < -0.3 is 28.7 Å². The van der Waals surface area contributed by atoms with Gasteiger partial charge in [-0.15, -0.1) is 0 Å². The van der Waals surface area contributed by atoms with Gasteiger partial charge in [0.1, 0.15) is 34.8 Å². The van der Waals surface area contributed by atoms with Crippen LogP contribution in [0.3, 0.4) is 0 Å². The number of fused-ring (bicyclic) bond motifs is 2. The molecule has 0 spiro atoms. The number of anilines is 1. The molecule has 3 heterocycles. The molecule has 45 heavy (non-hydrogen) atoms. The Kier molecular flexibility index (Phi) is 8.82. The molecule has 12 heteroatoms. The second kappa shape index (κ2) is 12.8. The number of hydrogen-bond acceptors (Lipinski definition) is 8. The van der Waals surface area contributed by atoms with Crippen LogP contribution in [0, 0.1) is 5.82 Å². The summed E-state index contributed by atoms with van der Waals surface area (Å²) in [4.78, 5) is 13.3. The van der Waals surface area contributed by atoms with E-state index < -0.39 is 22.2 Å². The molecule has 2 aliphatic rings. The first-order chi connectivity index (χ1) is 21.6. The van der Waals surface area contributed by atoms with Crippen molar-refractivity contribution in [1.82, 2.24) is 5.32 Å². The van der Waals surface area contributed by atoms with Gasteiger partial charge in [-0.05, 0) is 74.4 Å². The molecular formula is C33H35FN2O8S. The van der Waals surface area contributed by atoms with Crippen molar-refractivity contribution in [3.8, 4) is 22.8 Å². The highest BCUT2D eigenvalue weighted by atomic mass is 32.2. The lowest BCUT2D eigenvalue weighted by Crippen LogP contribution is -2.39.